The molecule has 1 aliphatic heterocycles. The number of carbonyl (C=O) groups is 1. The summed E-state index contributed by atoms with van der Waals surface area (Å²) in [6, 6.07) is 7.62. The Morgan fingerprint density at radius 1 is 1.42 bits per heavy atom. The Hall–Kier alpha value is -1.55. The number of aliphatic hydroxyl groups is 1. The van der Waals surface area contributed by atoms with Crippen LogP contribution in [0.5, 0.6) is 5.75 Å². The first-order valence-corrected chi connectivity index (χ1v) is 6.68. The van der Waals surface area contributed by atoms with Crippen molar-refractivity contribution in [1.82, 2.24) is 4.90 Å². The molecule has 1 unspecified atom stereocenters. The average Bonchev–Trinajstić information content (AvgIpc) is 2.37. The Morgan fingerprint density at radius 2 is 2.00 bits per heavy atom. The molecule has 1 heterocycles. The topological polar surface area (TPSA) is 49.8 Å². The van der Waals surface area contributed by atoms with Gasteiger partial charge in [-0.2, -0.15) is 0 Å². The van der Waals surface area contributed by atoms with Gasteiger partial charge in [0.25, 0.3) is 5.91 Å². The molecule has 0 aromatic heterocycles. The molecule has 0 bridgehead atoms. The zero-order valence-corrected chi connectivity index (χ0v) is 11.7. The third-order valence-corrected chi connectivity index (χ3v) is 3.62. The summed E-state index contributed by atoms with van der Waals surface area (Å²) in [6.07, 6.45) is 0.147. The van der Waals surface area contributed by atoms with Crippen LogP contribution >= 0.6 is 0 Å². The van der Waals surface area contributed by atoms with Crippen molar-refractivity contribution in [3.05, 3.63) is 29.8 Å². The van der Waals surface area contributed by atoms with Crippen LogP contribution in [-0.4, -0.2) is 40.7 Å². The number of aryl methyl sites for hydroxylation is 1. The van der Waals surface area contributed by atoms with Gasteiger partial charge in [0.2, 0.25) is 0 Å². The van der Waals surface area contributed by atoms with Crippen molar-refractivity contribution in [2.75, 3.05) is 13.1 Å². The lowest BCUT2D eigenvalue weighted by Gasteiger charge is -2.46. The van der Waals surface area contributed by atoms with Crippen molar-refractivity contribution in [2.45, 2.75) is 38.9 Å². The molecule has 1 atom stereocenters. The number of benzene rings is 1. The van der Waals surface area contributed by atoms with Gasteiger partial charge in [0.1, 0.15) is 5.75 Å². The quantitative estimate of drug-likeness (QED) is 0.900. The Labute approximate surface area is 114 Å². The smallest absolute Gasteiger partial charge is 0.263 e. The van der Waals surface area contributed by atoms with Gasteiger partial charge in [-0.3, -0.25) is 4.79 Å². The molecule has 0 saturated carbocycles. The van der Waals surface area contributed by atoms with E-state index in [0.29, 0.717) is 25.3 Å². The summed E-state index contributed by atoms with van der Waals surface area (Å²) in [4.78, 5) is 13.7. The van der Waals surface area contributed by atoms with Gasteiger partial charge in [0.05, 0.1) is 18.7 Å². The first kappa shape index (κ1) is 13.9. The lowest BCUT2D eigenvalue weighted by Crippen LogP contribution is -2.64. The largest absolute Gasteiger partial charge is 0.481 e. The van der Waals surface area contributed by atoms with Crippen LogP contribution in [0.25, 0.3) is 0 Å². The van der Waals surface area contributed by atoms with E-state index in [4.69, 9.17) is 4.74 Å². The number of amides is 1. The van der Waals surface area contributed by atoms with E-state index in [2.05, 4.69) is 0 Å². The molecular formula is C15H21NO3. The van der Waals surface area contributed by atoms with Crippen LogP contribution in [0.3, 0.4) is 0 Å². The highest BCUT2D eigenvalue weighted by molar-refractivity contribution is 5.82. The summed E-state index contributed by atoms with van der Waals surface area (Å²) in [7, 11) is 0. The molecule has 1 aromatic carbocycles. The van der Waals surface area contributed by atoms with Crippen molar-refractivity contribution < 1.29 is 14.6 Å². The van der Waals surface area contributed by atoms with Crippen molar-refractivity contribution >= 4 is 5.91 Å². The highest BCUT2D eigenvalue weighted by Crippen LogP contribution is 2.25. The third-order valence-electron chi connectivity index (χ3n) is 3.62. The lowest BCUT2D eigenvalue weighted by atomic mass is 9.91. The van der Waals surface area contributed by atoms with Gasteiger partial charge >= 0.3 is 0 Å². The summed E-state index contributed by atoms with van der Waals surface area (Å²) in [5, 5.41) is 9.91. The normalized spacial score (nSPS) is 18.6. The van der Waals surface area contributed by atoms with Crippen LogP contribution in [0, 0.1) is 6.92 Å². The summed E-state index contributed by atoms with van der Waals surface area (Å²) in [5.74, 6) is 0.622. The molecular weight excluding hydrogens is 242 g/mol. The molecule has 19 heavy (non-hydrogen) atoms. The molecule has 1 fully saturated rings. The molecule has 2 rings (SSSR count). The van der Waals surface area contributed by atoms with E-state index in [0.717, 1.165) is 5.56 Å². The maximum atomic E-state index is 12.1. The first-order valence-electron chi connectivity index (χ1n) is 6.68. The van der Waals surface area contributed by atoms with Crippen LogP contribution < -0.4 is 4.74 Å². The van der Waals surface area contributed by atoms with Gasteiger partial charge in [-0.15, -0.1) is 0 Å². The van der Waals surface area contributed by atoms with Gasteiger partial charge in [-0.05, 0) is 32.4 Å². The minimum atomic E-state index is -0.695. The van der Waals surface area contributed by atoms with Crippen LogP contribution in [0.1, 0.15) is 25.8 Å². The van der Waals surface area contributed by atoms with Crippen LogP contribution in [-0.2, 0) is 4.79 Å². The lowest BCUT2D eigenvalue weighted by molar-refractivity contribution is -0.162. The molecule has 4 heteroatoms. The molecule has 1 aliphatic rings. The molecule has 1 amide bonds. The number of nitrogens with zero attached hydrogens (tertiary/aromatic N) is 1. The summed E-state index contributed by atoms with van der Waals surface area (Å²) in [5.41, 5.74) is 0.460. The molecule has 0 spiro atoms. The van der Waals surface area contributed by atoms with E-state index in [1.54, 1.807) is 11.8 Å². The zero-order chi connectivity index (χ0) is 14.0. The average molecular weight is 263 g/mol. The minimum Gasteiger partial charge on any atom is -0.481 e. The van der Waals surface area contributed by atoms with E-state index in [9.17, 15) is 9.90 Å². The highest BCUT2D eigenvalue weighted by atomic mass is 16.5. The second-order valence-electron chi connectivity index (χ2n) is 5.35. The number of carbonyl (C=O) groups excluding carboxylic acids is 1. The van der Waals surface area contributed by atoms with Gasteiger partial charge in [-0.1, -0.05) is 24.6 Å². The fourth-order valence-corrected chi connectivity index (χ4v) is 2.17. The Bertz CT molecular complexity index is 449. The van der Waals surface area contributed by atoms with E-state index in [1.807, 2.05) is 38.1 Å². The number of β-amino-alcohol motifs (C(OH)–C–C–N with tert-alkyl or cyclic N) is 1. The van der Waals surface area contributed by atoms with Crippen molar-refractivity contribution in [3.8, 4) is 5.75 Å². The molecule has 1 aromatic rings. The molecule has 1 saturated heterocycles. The number of hydrogen-bond acceptors (Lipinski definition) is 3. The maximum absolute atomic E-state index is 12.1. The van der Waals surface area contributed by atoms with E-state index < -0.39 is 11.7 Å². The highest BCUT2D eigenvalue weighted by Gasteiger charge is 2.43. The summed E-state index contributed by atoms with van der Waals surface area (Å²) >= 11 is 0. The second-order valence-corrected chi connectivity index (χ2v) is 5.35. The van der Waals surface area contributed by atoms with Gasteiger partial charge in [0.15, 0.2) is 6.10 Å². The van der Waals surface area contributed by atoms with E-state index in [-0.39, 0.29) is 5.91 Å². The number of hydrogen-bond donors (Lipinski definition) is 1. The Kier molecular flexibility index (Phi) is 3.80. The van der Waals surface area contributed by atoms with Gasteiger partial charge in [0, 0.05) is 0 Å². The molecule has 0 aliphatic carbocycles. The summed E-state index contributed by atoms with van der Waals surface area (Å²) in [6.45, 7) is 6.48. The monoisotopic (exact) mass is 263 g/mol. The predicted molar refractivity (Wildman–Crippen MR) is 73.1 cm³/mol. The van der Waals surface area contributed by atoms with Crippen LogP contribution in [0.2, 0.25) is 0 Å². The standard InChI is InChI=1S/C15H21NO3/c1-4-15(18)9-16(10-15)14(17)12(3)19-13-7-5-11(2)6-8-13/h5-8,12,18H,4,9-10H2,1-3H3. The maximum Gasteiger partial charge on any atom is 0.263 e. The van der Waals surface area contributed by atoms with Crippen molar-refractivity contribution in [3.63, 3.8) is 0 Å². The SMILES string of the molecule is CCC1(O)CN(C(=O)C(C)Oc2ccc(C)cc2)C1. The number of likely N-dealkylation sites (tertiary alicyclic amines) is 1. The number of ether oxygens (including phenoxy) is 1. The first-order chi connectivity index (χ1) is 8.93. The molecule has 4 nitrogen and oxygen atoms in total. The summed E-state index contributed by atoms with van der Waals surface area (Å²) < 4.78 is 5.62. The molecule has 104 valence electrons. The van der Waals surface area contributed by atoms with Gasteiger partial charge in [-0.25, -0.2) is 0 Å². The minimum absolute atomic E-state index is 0.0706. The van der Waals surface area contributed by atoms with Crippen molar-refractivity contribution in [2.24, 2.45) is 0 Å². The number of rotatable bonds is 4. The van der Waals surface area contributed by atoms with Crippen molar-refractivity contribution in [1.29, 1.82) is 0 Å². The van der Waals surface area contributed by atoms with E-state index in [1.165, 1.54) is 0 Å². The second kappa shape index (κ2) is 5.21. The van der Waals surface area contributed by atoms with Crippen LogP contribution in [0.4, 0.5) is 0 Å². The zero-order valence-electron chi connectivity index (χ0n) is 11.7. The Balaban J connectivity index is 1.88. The molecule has 1 N–H and O–H groups in total. The fraction of sp³-hybridized carbons (Fsp3) is 0.533. The van der Waals surface area contributed by atoms with E-state index >= 15 is 0 Å². The van der Waals surface area contributed by atoms with Crippen LogP contribution in [0.15, 0.2) is 24.3 Å². The Morgan fingerprint density at radius 3 is 2.53 bits per heavy atom. The molecule has 0 radical (unpaired) electrons. The van der Waals surface area contributed by atoms with Gasteiger partial charge < -0.3 is 14.7 Å². The third kappa shape index (κ3) is 3.07. The fourth-order valence-electron chi connectivity index (χ4n) is 2.17. The predicted octanol–water partition coefficient (Wildman–Crippen LogP) is 1.75.